The number of alkyl halides is 3. The van der Waals surface area contributed by atoms with Gasteiger partial charge in [-0.3, -0.25) is 0 Å². The van der Waals surface area contributed by atoms with Gasteiger partial charge in [0.05, 0.1) is 11.6 Å². The Labute approximate surface area is 106 Å². The molecule has 2 atom stereocenters. The molecular formula is C9H11ClF3NO4. The lowest BCUT2D eigenvalue weighted by Gasteiger charge is -2.22. The Balaban J connectivity index is 0.00000289. The summed E-state index contributed by atoms with van der Waals surface area (Å²) in [5, 5.41) is 36.4. The molecule has 1 rings (SSSR count). The van der Waals surface area contributed by atoms with Gasteiger partial charge in [0.2, 0.25) is 0 Å². The summed E-state index contributed by atoms with van der Waals surface area (Å²) in [6, 6.07) is -0.647. The van der Waals surface area contributed by atoms with Crippen LogP contribution in [0, 0.1) is 0 Å². The van der Waals surface area contributed by atoms with Gasteiger partial charge in [-0.15, -0.1) is 12.4 Å². The quantitative estimate of drug-likeness (QED) is 0.561. The third-order valence-corrected chi connectivity index (χ3v) is 2.13. The third kappa shape index (κ3) is 3.31. The number of nitrogens with two attached hydrogens (primary N) is 1. The third-order valence-electron chi connectivity index (χ3n) is 2.13. The molecule has 104 valence electrons. The fraction of sp³-hybridized carbons (Fsp3) is 0.333. The van der Waals surface area contributed by atoms with Gasteiger partial charge in [0.15, 0.2) is 6.10 Å². The van der Waals surface area contributed by atoms with Crippen LogP contribution < -0.4 is 5.73 Å². The van der Waals surface area contributed by atoms with E-state index in [1.807, 2.05) is 0 Å². The van der Waals surface area contributed by atoms with E-state index < -0.39 is 41.1 Å². The normalized spacial score (nSPS) is 14.7. The molecule has 1 aromatic carbocycles. The number of aromatic hydroxyl groups is 3. The van der Waals surface area contributed by atoms with E-state index in [0.717, 1.165) is 0 Å². The Morgan fingerprint density at radius 3 is 1.78 bits per heavy atom. The van der Waals surface area contributed by atoms with Crippen molar-refractivity contribution in [3.8, 4) is 17.2 Å². The zero-order chi connectivity index (χ0) is 13.4. The maximum atomic E-state index is 12.2. The minimum atomic E-state index is -4.99. The largest absolute Gasteiger partial charge is 0.508 e. The summed E-state index contributed by atoms with van der Waals surface area (Å²) < 4.78 is 36.6. The van der Waals surface area contributed by atoms with Gasteiger partial charge < -0.3 is 26.2 Å². The zero-order valence-corrected chi connectivity index (χ0v) is 9.53. The second-order valence-electron chi connectivity index (χ2n) is 3.41. The van der Waals surface area contributed by atoms with Crippen molar-refractivity contribution in [1.29, 1.82) is 0 Å². The number of halogens is 4. The summed E-state index contributed by atoms with van der Waals surface area (Å²) in [6.07, 6.45) is -7.93. The van der Waals surface area contributed by atoms with E-state index in [2.05, 4.69) is 0 Å². The molecule has 18 heavy (non-hydrogen) atoms. The fourth-order valence-corrected chi connectivity index (χ4v) is 1.31. The van der Waals surface area contributed by atoms with Gasteiger partial charge in [-0.05, 0) is 0 Å². The molecule has 0 fully saturated rings. The minimum Gasteiger partial charge on any atom is -0.508 e. The highest BCUT2D eigenvalue weighted by Crippen LogP contribution is 2.39. The van der Waals surface area contributed by atoms with Crippen LogP contribution in [0.25, 0.3) is 0 Å². The van der Waals surface area contributed by atoms with Gasteiger partial charge in [-0.2, -0.15) is 13.2 Å². The van der Waals surface area contributed by atoms with E-state index in [1.54, 1.807) is 0 Å². The molecule has 0 heterocycles. The number of phenols is 3. The maximum absolute atomic E-state index is 12.2. The number of phenolic OH excluding ortho intramolecular Hbond substituents is 3. The van der Waals surface area contributed by atoms with Crippen LogP contribution in [-0.2, 0) is 0 Å². The van der Waals surface area contributed by atoms with Crippen LogP contribution in [0.3, 0.4) is 0 Å². The first-order valence-corrected chi connectivity index (χ1v) is 4.39. The lowest BCUT2D eigenvalue weighted by molar-refractivity contribution is -0.210. The molecule has 0 spiro atoms. The summed E-state index contributed by atoms with van der Waals surface area (Å²) in [6.45, 7) is 0. The molecule has 9 heteroatoms. The Hall–Kier alpha value is -1.38. The van der Waals surface area contributed by atoms with Crippen LogP contribution in [0.1, 0.15) is 11.6 Å². The van der Waals surface area contributed by atoms with Gasteiger partial charge in [0, 0.05) is 12.1 Å². The minimum absolute atomic E-state index is 0. The molecule has 5 nitrogen and oxygen atoms in total. The molecule has 1 aromatic rings. The molecule has 0 radical (unpaired) electrons. The second kappa shape index (κ2) is 5.51. The number of aliphatic hydroxyl groups excluding tert-OH is 1. The van der Waals surface area contributed by atoms with Crippen LogP contribution in [0.5, 0.6) is 17.2 Å². The monoisotopic (exact) mass is 289 g/mol. The standard InChI is InChI=1S/C9H10F3NO4.ClH/c10-9(11,12)8(17)7(13)6-4(15)1-3(14)2-5(6)16;/h1-2,7-8,14-17H,13H2;1H/t7-,8-;/m1./s1. The molecule has 0 saturated heterocycles. The van der Waals surface area contributed by atoms with Crippen LogP contribution in [0.4, 0.5) is 13.2 Å². The average molecular weight is 290 g/mol. The SMILES string of the molecule is Cl.N[C@H](c1c(O)cc(O)cc1O)[C@@H](O)C(F)(F)F. The first-order chi connectivity index (χ1) is 7.64. The van der Waals surface area contributed by atoms with Crippen molar-refractivity contribution in [2.75, 3.05) is 0 Å². The van der Waals surface area contributed by atoms with E-state index in [0.29, 0.717) is 12.1 Å². The number of benzene rings is 1. The lowest BCUT2D eigenvalue weighted by Crippen LogP contribution is -2.38. The Bertz CT molecular complexity index is 404. The molecule has 0 bridgehead atoms. The highest BCUT2D eigenvalue weighted by molar-refractivity contribution is 5.85. The van der Waals surface area contributed by atoms with Crippen molar-refractivity contribution in [3.63, 3.8) is 0 Å². The van der Waals surface area contributed by atoms with Crippen molar-refractivity contribution < 1.29 is 33.6 Å². The molecule has 0 saturated carbocycles. The number of hydrogen-bond donors (Lipinski definition) is 5. The van der Waals surface area contributed by atoms with Crippen molar-refractivity contribution in [3.05, 3.63) is 17.7 Å². The fourth-order valence-electron chi connectivity index (χ4n) is 1.31. The van der Waals surface area contributed by atoms with Crippen LogP contribution >= 0.6 is 12.4 Å². The smallest absolute Gasteiger partial charge is 0.416 e. The predicted molar refractivity (Wildman–Crippen MR) is 57.7 cm³/mol. The summed E-state index contributed by atoms with van der Waals surface area (Å²) >= 11 is 0. The van der Waals surface area contributed by atoms with E-state index >= 15 is 0 Å². The molecule has 0 aliphatic heterocycles. The van der Waals surface area contributed by atoms with Gasteiger partial charge >= 0.3 is 6.18 Å². The molecular weight excluding hydrogens is 279 g/mol. The maximum Gasteiger partial charge on any atom is 0.416 e. The van der Waals surface area contributed by atoms with E-state index in [-0.39, 0.29) is 12.4 Å². The van der Waals surface area contributed by atoms with Gasteiger partial charge in [0.1, 0.15) is 17.2 Å². The molecule has 0 aromatic heterocycles. The van der Waals surface area contributed by atoms with E-state index in [4.69, 9.17) is 15.9 Å². The van der Waals surface area contributed by atoms with Crippen molar-refractivity contribution >= 4 is 12.4 Å². The first-order valence-electron chi connectivity index (χ1n) is 4.39. The topological polar surface area (TPSA) is 107 Å². The van der Waals surface area contributed by atoms with Crippen LogP contribution in [-0.4, -0.2) is 32.7 Å². The van der Waals surface area contributed by atoms with Crippen molar-refractivity contribution in [1.82, 2.24) is 0 Å². The summed E-state index contributed by atoms with van der Waals surface area (Å²) in [5.74, 6) is -2.21. The van der Waals surface area contributed by atoms with E-state index in [1.165, 1.54) is 0 Å². The molecule has 6 N–H and O–H groups in total. The van der Waals surface area contributed by atoms with Crippen LogP contribution in [0.2, 0.25) is 0 Å². The van der Waals surface area contributed by atoms with Gasteiger partial charge in [-0.25, -0.2) is 0 Å². The lowest BCUT2D eigenvalue weighted by atomic mass is 9.99. The Morgan fingerprint density at radius 1 is 1.06 bits per heavy atom. The van der Waals surface area contributed by atoms with Crippen molar-refractivity contribution in [2.45, 2.75) is 18.3 Å². The summed E-state index contributed by atoms with van der Waals surface area (Å²) in [7, 11) is 0. The number of rotatable bonds is 2. The van der Waals surface area contributed by atoms with Crippen LogP contribution in [0.15, 0.2) is 12.1 Å². The predicted octanol–water partition coefficient (Wildman–Crippen LogP) is 1.15. The second-order valence-corrected chi connectivity index (χ2v) is 3.41. The number of aliphatic hydroxyl groups is 1. The highest BCUT2D eigenvalue weighted by atomic mass is 35.5. The van der Waals surface area contributed by atoms with Gasteiger partial charge in [-0.1, -0.05) is 0 Å². The van der Waals surface area contributed by atoms with Crippen molar-refractivity contribution in [2.24, 2.45) is 5.73 Å². The molecule has 0 amide bonds. The first kappa shape index (κ1) is 16.6. The highest BCUT2D eigenvalue weighted by Gasteiger charge is 2.44. The molecule has 0 aliphatic rings. The Kier molecular flexibility index (Phi) is 5.09. The Morgan fingerprint density at radius 2 is 1.44 bits per heavy atom. The van der Waals surface area contributed by atoms with Gasteiger partial charge in [0.25, 0.3) is 0 Å². The summed E-state index contributed by atoms with van der Waals surface area (Å²) in [5.41, 5.74) is 4.42. The molecule has 0 unspecified atom stereocenters. The number of hydrogen-bond acceptors (Lipinski definition) is 5. The zero-order valence-electron chi connectivity index (χ0n) is 8.72. The van der Waals surface area contributed by atoms with E-state index in [9.17, 15) is 23.4 Å². The molecule has 0 aliphatic carbocycles. The average Bonchev–Trinajstić information content (AvgIpc) is 2.13. The summed E-state index contributed by atoms with van der Waals surface area (Å²) in [4.78, 5) is 0.